The molecule has 0 N–H and O–H groups in total. The summed E-state index contributed by atoms with van der Waals surface area (Å²) in [7, 11) is 0. The van der Waals surface area contributed by atoms with Crippen molar-refractivity contribution in [1.29, 1.82) is 0 Å². The Hall–Kier alpha value is -1.40. The quantitative estimate of drug-likeness (QED) is 0.481. The van der Waals surface area contributed by atoms with Gasteiger partial charge in [0, 0.05) is 38.3 Å². The van der Waals surface area contributed by atoms with E-state index in [-0.39, 0.29) is 0 Å². The van der Waals surface area contributed by atoms with Crippen molar-refractivity contribution in [3.05, 3.63) is 12.2 Å². The molecule has 0 unspecified atom stereocenters. The third kappa shape index (κ3) is 7.03. The highest BCUT2D eigenvalue weighted by molar-refractivity contribution is 5.91. The summed E-state index contributed by atoms with van der Waals surface area (Å²) in [5, 5.41) is 2.98. The number of hydroxylamine groups is 4. The monoisotopic (exact) mass is 258 g/mol. The molecule has 0 heterocycles. The maximum absolute atomic E-state index is 11.3. The lowest BCUT2D eigenvalue weighted by molar-refractivity contribution is -0.184. The minimum Gasteiger partial charge on any atom is -0.364 e. The second kappa shape index (κ2) is 9.61. The molecule has 104 valence electrons. The van der Waals surface area contributed by atoms with Gasteiger partial charge in [0.25, 0.3) is 0 Å². The zero-order valence-electron chi connectivity index (χ0n) is 11.5. The van der Waals surface area contributed by atoms with Crippen molar-refractivity contribution in [1.82, 2.24) is 10.1 Å². The zero-order chi connectivity index (χ0) is 14.0. The van der Waals surface area contributed by atoms with Crippen LogP contribution in [0.25, 0.3) is 0 Å². The van der Waals surface area contributed by atoms with E-state index in [4.69, 9.17) is 9.68 Å². The third-order valence-electron chi connectivity index (χ3n) is 2.20. The van der Waals surface area contributed by atoms with E-state index in [1.54, 1.807) is 0 Å². The highest BCUT2D eigenvalue weighted by Gasteiger charge is 2.08. The summed E-state index contributed by atoms with van der Waals surface area (Å²) >= 11 is 0. The van der Waals surface area contributed by atoms with Crippen molar-refractivity contribution < 1.29 is 19.3 Å². The number of carbonyl (C=O) groups is 2. The smallest absolute Gasteiger partial charge is 0.349 e. The molecule has 0 spiro atoms. The normalized spacial score (nSPS) is 11.2. The van der Waals surface area contributed by atoms with Crippen molar-refractivity contribution in [3.8, 4) is 0 Å². The van der Waals surface area contributed by atoms with Crippen LogP contribution < -0.4 is 0 Å². The van der Waals surface area contributed by atoms with Crippen LogP contribution >= 0.6 is 0 Å². The second-order valence-corrected chi connectivity index (χ2v) is 3.38. The Bertz CT molecular complexity index is 256. The van der Waals surface area contributed by atoms with E-state index < -0.39 is 11.9 Å². The van der Waals surface area contributed by atoms with E-state index in [1.165, 1.54) is 10.1 Å². The predicted octanol–water partition coefficient (Wildman–Crippen LogP) is 1.14. The van der Waals surface area contributed by atoms with Gasteiger partial charge >= 0.3 is 11.9 Å². The summed E-state index contributed by atoms with van der Waals surface area (Å²) < 4.78 is 0. The minimum absolute atomic E-state index is 0.588. The van der Waals surface area contributed by atoms with E-state index >= 15 is 0 Å². The molecule has 0 radical (unpaired) electrons. The summed E-state index contributed by atoms with van der Waals surface area (Å²) in [5.74, 6) is -1.18. The molecule has 0 amide bonds. The highest BCUT2D eigenvalue weighted by atomic mass is 16.7. The summed E-state index contributed by atoms with van der Waals surface area (Å²) in [6, 6.07) is 0. The molecule has 0 rings (SSSR count). The van der Waals surface area contributed by atoms with Crippen LogP contribution in [-0.2, 0) is 19.3 Å². The number of hydrogen-bond acceptors (Lipinski definition) is 6. The molecule has 18 heavy (non-hydrogen) atoms. The third-order valence-corrected chi connectivity index (χ3v) is 2.20. The number of carbonyl (C=O) groups excluding carboxylic acids is 2. The molecule has 0 bridgehead atoms. The van der Waals surface area contributed by atoms with Gasteiger partial charge in [0.15, 0.2) is 0 Å². The average Bonchev–Trinajstić information content (AvgIpc) is 2.39. The second-order valence-electron chi connectivity index (χ2n) is 3.38. The van der Waals surface area contributed by atoms with Gasteiger partial charge in [0.1, 0.15) is 0 Å². The number of nitrogens with zero attached hydrogens (tertiary/aromatic N) is 2. The molecule has 6 heteroatoms. The summed E-state index contributed by atoms with van der Waals surface area (Å²) in [6.07, 6.45) is 2.12. The van der Waals surface area contributed by atoms with Crippen LogP contribution in [0.4, 0.5) is 0 Å². The lowest BCUT2D eigenvalue weighted by Gasteiger charge is -2.16. The van der Waals surface area contributed by atoms with Gasteiger partial charge in [-0.2, -0.15) is 0 Å². The maximum atomic E-state index is 11.3. The van der Waals surface area contributed by atoms with E-state index in [1.807, 2.05) is 27.7 Å². The van der Waals surface area contributed by atoms with Crippen molar-refractivity contribution in [2.24, 2.45) is 0 Å². The van der Waals surface area contributed by atoms with E-state index in [2.05, 4.69) is 0 Å². The van der Waals surface area contributed by atoms with E-state index in [0.29, 0.717) is 26.2 Å². The Morgan fingerprint density at radius 1 is 0.778 bits per heavy atom. The molecule has 0 aromatic rings. The van der Waals surface area contributed by atoms with Crippen LogP contribution in [0.5, 0.6) is 0 Å². The van der Waals surface area contributed by atoms with Crippen molar-refractivity contribution in [2.75, 3.05) is 26.2 Å². The van der Waals surface area contributed by atoms with Gasteiger partial charge in [-0.1, -0.05) is 0 Å². The molecular weight excluding hydrogens is 236 g/mol. The first-order valence-electron chi connectivity index (χ1n) is 6.19. The van der Waals surface area contributed by atoms with Crippen LogP contribution in [0.2, 0.25) is 0 Å². The van der Waals surface area contributed by atoms with Gasteiger partial charge in [-0.05, 0) is 27.7 Å². The van der Waals surface area contributed by atoms with Gasteiger partial charge in [-0.15, -0.1) is 10.1 Å². The average molecular weight is 258 g/mol. The predicted molar refractivity (Wildman–Crippen MR) is 67.2 cm³/mol. The summed E-state index contributed by atoms with van der Waals surface area (Å²) in [5.41, 5.74) is 0. The fraction of sp³-hybridized carbons (Fsp3) is 0.667. The fourth-order valence-electron chi connectivity index (χ4n) is 1.16. The summed E-state index contributed by atoms with van der Waals surface area (Å²) in [4.78, 5) is 32.5. The van der Waals surface area contributed by atoms with Crippen LogP contribution in [0.15, 0.2) is 12.2 Å². The van der Waals surface area contributed by atoms with Gasteiger partial charge in [0.2, 0.25) is 0 Å². The Morgan fingerprint density at radius 2 is 1.06 bits per heavy atom. The molecule has 0 aliphatic heterocycles. The Kier molecular flexibility index (Phi) is 8.86. The van der Waals surface area contributed by atoms with Gasteiger partial charge in [-0.3, -0.25) is 0 Å². The first kappa shape index (κ1) is 16.6. The molecule has 6 nitrogen and oxygen atoms in total. The Labute approximate surface area is 108 Å². The highest BCUT2D eigenvalue weighted by Crippen LogP contribution is 1.94. The largest absolute Gasteiger partial charge is 0.364 e. The lowest BCUT2D eigenvalue weighted by Crippen LogP contribution is -2.27. The van der Waals surface area contributed by atoms with E-state index in [9.17, 15) is 9.59 Å². The molecular formula is C12H22N2O4. The zero-order valence-corrected chi connectivity index (χ0v) is 11.5. The first-order chi connectivity index (χ1) is 8.57. The van der Waals surface area contributed by atoms with Crippen molar-refractivity contribution in [3.63, 3.8) is 0 Å². The fourth-order valence-corrected chi connectivity index (χ4v) is 1.16. The van der Waals surface area contributed by atoms with Crippen molar-refractivity contribution >= 4 is 11.9 Å². The van der Waals surface area contributed by atoms with Crippen LogP contribution in [0.1, 0.15) is 27.7 Å². The minimum atomic E-state index is -0.588. The van der Waals surface area contributed by atoms with Crippen LogP contribution in [0, 0.1) is 0 Å². The Morgan fingerprint density at radius 3 is 1.28 bits per heavy atom. The topological polar surface area (TPSA) is 59.1 Å². The molecule has 0 aliphatic rings. The molecule has 0 saturated carbocycles. The molecule has 0 aromatic carbocycles. The molecule has 0 aromatic heterocycles. The van der Waals surface area contributed by atoms with Gasteiger partial charge in [-0.25, -0.2) is 9.59 Å². The van der Waals surface area contributed by atoms with Crippen LogP contribution in [0.3, 0.4) is 0 Å². The lowest BCUT2D eigenvalue weighted by atomic mass is 10.5. The maximum Gasteiger partial charge on any atom is 0.349 e. The molecule has 0 atom stereocenters. The van der Waals surface area contributed by atoms with Crippen molar-refractivity contribution in [2.45, 2.75) is 27.7 Å². The SMILES string of the molecule is CCN(CC)OC(=O)C=CC(=O)ON(CC)CC. The van der Waals surface area contributed by atoms with Gasteiger partial charge in [0.05, 0.1) is 0 Å². The molecule has 0 saturated heterocycles. The number of rotatable bonds is 8. The molecule has 0 aliphatic carbocycles. The Balaban J connectivity index is 4.13. The first-order valence-corrected chi connectivity index (χ1v) is 6.19. The summed E-state index contributed by atoms with van der Waals surface area (Å²) in [6.45, 7) is 9.87. The van der Waals surface area contributed by atoms with E-state index in [0.717, 1.165) is 12.2 Å². The number of hydrogen-bond donors (Lipinski definition) is 0. The molecule has 0 fully saturated rings. The van der Waals surface area contributed by atoms with Gasteiger partial charge < -0.3 is 9.68 Å². The van der Waals surface area contributed by atoms with Crippen LogP contribution in [-0.4, -0.2) is 48.2 Å². The standard InChI is InChI=1S/C12H22N2O4/c1-5-13(6-2)17-11(15)9-10-12(16)18-14(7-3)8-4/h9-10H,5-8H2,1-4H3.